The number of nitro groups is 1. The molecule has 1 atom stereocenters. The van der Waals surface area contributed by atoms with Gasteiger partial charge in [-0.3, -0.25) is 14.9 Å². The molecule has 0 aliphatic carbocycles. The fourth-order valence-electron chi connectivity index (χ4n) is 2.93. The molecule has 0 bridgehead atoms. The Morgan fingerprint density at radius 2 is 2.00 bits per heavy atom. The summed E-state index contributed by atoms with van der Waals surface area (Å²) in [6.45, 7) is -0.165. The number of carbonyl (C=O) groups is 2. The molecule has 1 heterocycles. The SMILES string of the molecule is CNC(=O)N1CC(=O)Nc2ccc([N+](=O)[O-])cc2C1c1ccccc1. The minimum atomic E-state index is -0.630. The summed E-state index contributed by atoms with van der Waals surface area (Å²) in [6.07, 6.45) is 0. The molecule has 2 aromatic carbocycles. The zero-order valence-electron chi connectivity index (χ0n) is 13.4. The Hall–Kier alpha value is -3.42. The van der Waals surface area contributed by atoms with Gasteiger partial charge < -0.3 is 15.5 Å². The second-order valence-electron chi connectivity index (χ2n) is 5.57. The first-order chi connectivity index (χ1) is 12.0. The van der Waals surface area contributed by atoms with Crippen LogP contribution in [-0.2, 0) is 4.79 Å². The highest BCUT2D eigenvalue weighted by Crippen LogP contribution is 2.37. The van der Waals surface area contributed by atoms with Gasteiger partial charge in [0.25, 0.3) is 5.69 Å². The maximum Gasteiger partial charge on any atom is 0.318 e. The maximum absolute atomic E-state index is 12.4. The molecular formula is C17H16N4O4. The molecule has 1 aliphatic heterocycles. The molecule has 0 fully saturated rings. The number of urea groups is 1. The molecule has 0 spiro atoms. The van der Waals surface area contributed by atoms with E-state index in [4.69, 9.17) is 0 Å². The molecule has 0 radical (unpaired) electrons. The monoisotopic (exact) mass is 340 g/mol. The molecule has 3 amide bonds. The number of non-ortho nitro benzene ring substituents is 1. The van der Waals surface area contributed by atoms with Crippen LogP contribution in [0.15, 0.2) is 48.5 Å². The van der Waals surface area contributed by atoms with Crippen molar-refractivity contribution in [1.29, 1.82) is 0 Å². The van der Waals surface area contributed by atoms with E-state index in [1.807, 2.05) is 30.3 Å². The van der Waals surface area contributed by atoms with Crippen LogP contribution in [0, 0.1) is 10.1 Å². The van der Waals surface area contributed by atoms with Crippen LogP contribution in [0.4, 0.5) is 16.2 Å². The number of benzene rings is 2. The van der Waals surface area contributed by atoms with E-state index in [0.29, 0.717) is 11.3 Å². The largest absolute Gasteiger partial charge is 0.341 e. The standard InChI is InChI=1S/C17H16N4O4/c1-18-17(23)20-10-15(22)19-14-8-7-12(21(24)25)9-13(14)16(20)11-5-3-2-4-6-11/h2-9,16H,10H2,1H3,(H,18,23)(H,19,22). The quantitative estimate of drug-likeness (QED) is 0.646. The average molecular weight is 340 g/mol. The molecule has 128 valence electrons. The third-order valence-electron chi connectivity index (χ3n) is 4.03. The number of rotatable bonds is 2. The van der Waals surface area contributed by atoms with Gasteiger partial charge in [-0.2, -0.15) is 0 Å². The third kappa shape index (κ3) is 3.14. The fourth-order valence-corrected chi connectivity index (χ4v) is 2.93. The molecule has 1 unspecified atom stereocenters. The minimum Gasteiger partial charge on any atom is -0.341 e. The van der Waals surface area contributed by atoms with Gasteiger partial charge in [0.15, 0.2) is 0 Å². The maximum atomic E-state index is 12.4. The van der Waals surface area contributed by atoms with Gasteiger partial charge in [0.1, 0.15) is 6.54 Å². The molecule has 0 aromatic heterocycles. The van der Waals surface area contributed by atoms with Gasteiger partial charge in [-0.1, -0.05) is 30.3 Å². The fraction of sp³-hybridized carbons (Fsp3) is 0.176. The number of carbonyl (C=O) groups excluding carboxylic acids is 2. The van der Waals surface area contributed by atoms with Gasteiger partial charge in [0.2, 0.25) is 5.91 Å². The molecule has 0 saturated carbocycles. The number of nitrogens with one attached hydrogen (secondary N) is 2. The molecule has 1 aliphatic rings. The van der Waals surface area contributed by atoms with E-state index in [-0.39, 0.29) is 18.1 Å². The zero-order chi connectivity index (χ0) is 18.0. The first-order valence-electron chi connectivity index (χ1n) is 7.62. The summed E-state index contributed by atoms with van der Waals surface area (Å²) < 4.78 is 0. The lowest BCUT2D eigenvalue weighted by molar-refractivity contribution is -0.384. The summed E-state index contributed by atoms with van der Waals surface area (Å²) in [7, 11) is 1.47. The topological polar surface area (TPSA) is 105 Å². The van der Waals surface area contributed by atoms with E-state index in [9.17, 15) is 19.7 Å². The van der Waals surface area contributed by atoms with E-state index in [1.54, 1.807) is 0 Å². The smallest absolute Gasteiger partial charge is 0.318 e. The van der Waals surface area contributed by atoms with E-state index >= 15 is 0 Å². The van der Waals surface area contributed by atoms with Crippen molar-refractivity contribution in [1.82, 2.24) is 10.2 Å². The van der Waals surface area contributed by atoms with Gasteiger partial charge in [0.05, 0.1) is 11.0 Å². The summed E-state index contributed by atoms with van der Waals surface area (Å²) in [5.41, 5.74) is 1.60. The number of fused-ring (bicyclic) bond motifs is 1. The first-order valence-corrected chi connectivity index (χ1v) is 7.62. The Morgan fingerprint density at radius 3 is 2.64 bits per heavy atom. The van der Waals surface area contributed by atoms with Crippen molar-refractivity contribution in [3.05, 3.63) is 69.8 Å². The van der Waals surface area contributed by atoms with Crippen molar-refractivity contribution in [2.75, 3.05) is 18.9 Å². The van der Waals surface area contributed by atoms with Crippen LogP contribution in [0.2, 0.25) is 0 Å². The van der Waals surface area contributed by atoms with Crippen molar-refractivity contribution >= 4 is 23.3 Å². The number of nitro benzene ring substituents is 1. The van der Waals surface area contributed by atoms with Gasteiger partial charge >= 0.3 is 6.03 Å². The number of anilines is 1. The molecule has 8 nitrogen and oxygen atoms in total. The summed E-state index contributed by atoms with van der Waals surface area (Å²) >= 11 is 0. The molecular weight excluding hydrogens is 324 g/mol. The molecule has 25 heavy (non-hydrogen) atoms. The summed E-state index contributed by atoms with van der Waals surface area (Å²) in [4.78, 5) is 36.6. The number of hydrogen-bond donors (Lipinski definition) is 2. The third-order valence-corrected chi connectivity index (χ3v) is 4.03. The van der Waals surface area contributed by atoms with Crippen LogP contribution in [0.1, 0.15) is 17.2 Å². The first kappa shape index (κ1) is 16.4. The van der Waals surface area contributed by atoms with Crippen molar-refractivity contribution in [2.45, 2.75) is 6.04 Å². The average Bonchev–Trinajstić information content (AvgIpc) is 2.76. The van der Waals surface area contributed by atoms with Crippen LogP contribution < -0.4 is 10.6 Å². The number of hydrogen-bond acceptors (Lipinski definition) is 4. The van der Waals surface area contributed by atoms with E-state index in [1.165, 1.54) is 30.1 Å². The van der Waals surface area contributed by atoms with E-state index in [2.05, 4.69) is 10.6 Å². The summed E-state index contributed by atoms with van der Waals surface area (Å²) in [6, 6.07) is 12.3. The normalized spacial score (nSPS) is 16.4. The Balaban J connectivity index is 2.23. The van der Waals surface area contributed by atoms with E-state index < -0.39 is 17.0 Å². The number of nitrogens with zero attached hydrogens (tertiary/aromatic N) is 2. The Bertz CT molecular complexity index is 838. The number of amides is 3. The highest BCUT2D eigenvalue weighted by Gasteiger charge is 2.34. The predicted octanol–water partition coefficient (Wildman–Crippen LogP) is 2.28. The Labute approximate surface area is 143 Å². The van der Waals surface area contributed by atoms with Gasteiger partial charge in [-0.25, -0.2) is 4.79 Å². The van der Waals surface area contributed by atoms with Gasteiger partial charge in [-0.15, -0.1) is 0 Å². The second kappa shape index (κ2) is 6.60. The minimum absolute atomic E-state index is 0.104. The predicted molar refractivity (Wildman–Crippen MR) is 91.2 cm³/mol. The lowest BCUT2D eigenvalue weighted by Crippen LogP contribution is -2.43. The molecule has 8 heteroatoms. The lowest BCUT2D eigenvalue weighted by atomic mass is 9.95. The van der Waals surface area contributed by atoms with Crippen molar-refractivity contribution in [3.8, 4) is 0 Å². The summed E-state index contributed by atoms with van der Waals surface area (Å²) in [5.74, 6) is -0.364. The summed E-state index contributed by atoms with van der Waals surface area (Å²) in [5, 5.41) is 16.4. The van der Waals surface area contributed by atoms with Crippen molar-refractivity contribution < 1.29 is 14.5 Å². The molecule has 0 saturated heterocycles. The lowest BCUT2D eigenvalue weighted by Gasteiger charge is -2.30. The Kier molecular flexibility index (Phi) is 4.34. The Morgan fingerprint density at radius 1 is 1.28 bits per heavy atom. The van der Waals surface area contributed by atoms with Crippen LogP contribution in [0.3, 0.4) is 0 Å². The van der Waals surface area contributed by atoms with Gasteiger partial charge in [-0.05, 0) is 11.6 Å². The van der Waals surface area contributed by atoms with Crippen LogP contribution in [0.5, 0.6) is 0 Å². The van der Waals surface area contributed by atoms with Crippen LogP contribution in [-0.4, -0.2) is 35.4 Å². The van der Waals surface area contributed by atoms with E-state index in [0.717, 1.165) is 5.56 Å². The van der Waals surface area contributed by atoms with Gasteiger partial charge in [0, 0.05) is 30.4 Å². The highest BCUT2D eigenvalue weighted by atomic mass is 16.6. The highest BCUT2D eigenvalue weighted by molar-refractivity contribution is 5.97. The second-order valence-corrected chi connectivity index (χ2v) is 5.57. The van der Waals surface area contributed by atoms with Crippen LogP contribution in [0.25, 0.3) is 0 Å². The molecule has 2 aromatic rings. The molecule has 3 rings (SSSR count). The zero-order valence-corrected chi connectivity index (χ0v) is 13.4. The molecule has 2 N–H and O–H groups in total. The van der Waals surface area contributed by atoms with Crippen molar-refractivity contribution in [3.63, 3.8) is 0 Å². The van der Waals surface area contributed by atoms with Crippen molar-refractivity contribution in [2.24, 2.45) is 0 Å². The van der Waals surface area contributed by atoms with Crippen LogP contribution >= 0.6 is 0 Å².